The molecule has 1 heterocycles. The molecule has 0 amide bonds. The number of rotatable bonds is 2. The van der Waals surface area contributed by atoms with Gasteiger partial charge in [0.05, 0.1) is 13.2 Å². The van der Waals surface area contributed by atoms with E-state index >= 15 is 0 Å². The van der Waals surface area contributed by atoms with E-state index in [0.717, 1.165) is 22.3 Å². The molecule has 1 unspecified atom stereocenters. The maximum Gasteiger partial charge on any atom is 0.334 e. The molecule has 1 fully saturated rings. The largest absolute Gasteiger partial charge is 0.479 e. The lowest BCUT2D eigenvalue weighted by atomic mass is 10.2. The van der Waals surface area contributed by atoms with E-state index in [4.69, 9.17) is 9.84 Å². The van der Waals surface area contributed by atoms with Gasteiger partial charge >= 0.3 is 5.97 Å². The summed E-state index contributed by atoms with van der Waals surface area (Å²) in [7, 11) is 0. The minimum atomic E-state index is -0.902. The maximum atomic E-state index is 10.9. The number of aryl methyl sites for hydroxylation is 1. The molecule has 17 heavy (non-hydrogen) atoms. The molecule has 4 nitrogen and oxygen atoms in total. The lowest BCUT2D eigenvalue weighted by Gasteiger charge is -2.32. The highest BCUT2D eigenvalue weighted by Gasteiger charge is 2.26. The van der Waals surface area contributed by atoms with E-state index in [9.17, 15) is 4.79 Å². The average Bonchev–Trinajstić information content (AvgIpc) is 2.33. The number of ether oxygens (including phenoxy) is 1. The van der Waals surface area contributed by atoms with Crippen LogP contribution in [0.1, 0.15) is 5.56 Å². The van der Waals surface area contributed by atoms with Crippen LogP contribution in [0.4, 0.5) is 5.69 Å². The topological polar surface area (TPSA) is 49.8 Å². The molecule has 0 aromatic heterocycles. The summed E-state index contributed by atoms with van der Waals surface area (Å²) >= 11 is 3.48. The number of anilines is 1. The van der Waals surface area contributed by atoms with E-state index in [1.54, 1.807) is 0 Å². The van der Waals surface area contributed by atoms with E-state index in [2.05, 4.69) is 15.9 Å². The number of carboxylic acids is 1. The standard InChI is InChI=1S/C12H14BrNO3/c1-8-2-3-9(6-10(8)13)14-4-5-17-11(7-14)12(15)16/h2-3,6,11H,4-5,7H2,1H3,(H,15,16). The third-order valence-electron chi connectivity index (χ3n) is 2.86. The Labute approximate surface area is 108 Å². The van der Waals surface area contributed by atoms with Crippen LogP contribution in [0.15, 0.2) is 22.7 Å². The second kappa shape index (κ2) is 5.06. The monoisotopic (exact) mass is 299 g/mol. The number of morpholine rings is 1. The second-order valence-electron chi connectivity index (χ2n) is 4.08. The van der Waals surface area contributed by atoms with Gasteiger partial charge in [-0.25, -0.2) is 4.79 Å². The zero-order chi connectivity index (χ0) is 12.4. The van der Waals surface area contributed by atoms with Crippen molar-refractivity contribution in [2.45, 2.75) is 13.0 Å². The Kier molecular flexibility index (Phi) is 3.69. The summed E-state index contributed by atoms with van der Waals surface area (Å²) in [6, 6.07) is 6.04. The fourth-order valence-electron chi connectivity index (χ4n) is 1.81. The minimum Gasteiger partial charge on any atom is -0.479 e. The quantitative estimate of drug-likeness (QED) is 0.908. The van der Waals surface area contributed by atoms with Gasteiger partial charge in [-0.2, -0.15) is 0 Å². The molecule has 1 atom stereocenters. The molecule has 1 aromatic carbocycles. The highest BCUT2D eigenvalue weighted by molar-refractivity contribution is 9.10. The molecular formula is C12H14BrNO3. The molecule has 5 heteroatoms. The summed E-state index contributed by atoms with van der Waals surface area (Å²) in [4.78, 5) is 12.9. The zero-order valence-electron chi connectivity index (χ0n) is 9.52. The van der Waals surface area contributed by atoms with Crippen molar-refractivity contribution >= 4 is 27.6 Å². The molecule has 0 bridgehead atoms. The van der Waals surface area contributed by atoms with Gasteiger partial charge in [0.1, 0.15) is 0 Å². The van der Waals surface area contributed by atoms with Crippen LogP contribution in [-0.2, 0) is 9.53 Å². The van der Waals surface area contributed by atoms with E-state index in [0.29, 0.717) is 13.2 Å². The fraction of sp³-hybridized carbons (Fsp3) is 0.417. The van der Waals surface area contributed by atoms with Crippen LogP contribution < -0.4 is 4.90 Å². The average molecular weight is 300 g/mol. The van der Waals surface area contributed by atoms with Crippen molar-refractivity contribution < 1.29 is 14.6 Å². The first-order valence-electron chi connectivity index (χ1n) is 5.43. The van der Waals surface area contributed by atoms with Gasteiger partial charge in [-0.05, 0) is 24.6 Å². The van der Waals surface area contributed by atoms with Crippen LogP contribution in [0.2, 0.25) is 0 Å². The van der Waals surface area contributed by atoms with Crippen LogP contribution in [0.3, 0.4) is 0 Å². The van der Waals surface area contributed by atoms with Gasteiger partial charge in [-0.1, -0.05) is 22.0 Å². The number of nitrogens with zero attached hydrogens (tertiary/aromatic N) is 1. The van der Waals surface area contributed by atoms with Crippen molar-refractivity contribution in [3.05, 3.63) is 28.2 Å². The highest BCUT2D eigenvalue weighted by Crippen LogP contribution is 2.25. The molecule has 0 saturated carbocycles. The summed E-state index contributed by atoms with van der Waals surface area (Å²) in [5.74, 6) is -0.902. The van der Waals surface area contributed by atoms with Crippen molar-refractivity contribution in [3.8, 4) is 0 Å². The van der Waals surface area contributed by atoms with Gasteiger partial charge < -0.3 is 14.7 Å². The Balaban J connectivity index is 2.16. The number of hydrogen-bond acceptors (Lipinski definition) is 3. The number of benzene rings is 1. The molecule has 1 aliphatic rings. The summed E-state index contributed by atoms with van der Waals surface area (Å²) in [6.45, 7) is 3.58. The molecule has 1 N–H and O–H groups in total. The Morgan fingerprint density at radius 2 is 2.35 bits per heavy atom. The van der Waals surface area contributed by atoms with E-state index < -0.39 is 12.1 Å². The normalized spacial score (nSPS) is 20.4. The molecule has 0 aliphatic carbocycles. The summed E-state index contributed by atoms with van der Waals surface area (Å²) in [6.07, 6.45) is -0.733. The van der Waals surface area contributed by atoms with Crippen LogP contribution in [0, 0.1) is 6.92 Å². The summed E-state index contributed by atoms with van der Waals surface area (Å²) in [5.41, 5.74) is 2.19. The lowest BCUT2D eigenvalue weighted by molar-refractivity contribution is -0.150. The number of aliphatic carboxylic acids is 1. The predicted octanol–water partition coefficient (Wildman–Crippen LogP) is 2.05. The van der Waals surface area contributed by atoms with Gasteiger partial charge in [-0.15, -0.1) is 0 Å². The van der Waals surface area contributed by atoms with Crippen molar-refractivity contribution in [3.63, 3.8) is 0 Å². The van der Waals surface area contributed by atoms with Crippen molar-refractivity contribution in [2.24, 2.45) is 0 Å². The van der Waals surface area contributed by atoms with Gasteiger partial charge in [0.15, 0.2) is 6.10 Å². The predicted molar refractivity (Wildman–Crippen MR) is 68.5 cm³/mol. The molecule has 1 aliphatic heterocycles. The van der Waals surface area contributed by atoms with Gasteiger partial charge in [-0.3, -0.25) is 0 Å². The second-order valence-corrected chi connectivity index (χ2v) is 4.93. The van der Waals surface area contributed by atoms with Crippen molar-refractivity contribution in [1.29, 1.82) is 0 Å². The van der Waals surface area contributed by atoms with E-state index in [-0.39, 0.29) is 0 Å². The lowest BCUT2D eigenvalue weighted by Crippen LogP contribution is -2.46. The van der Waals surface area contributed by atoms with Crippen LogP contribution in [0.25, 0.3) is 0 Å². The smallest absolute Gasteiger partial charge is 0.334 e. The van der Waals surface area contributed by atoms with Gasteiger partial charge in [0.2, 0.25) is 0 Å². The van der Waals surface area contributed by atoms with Gasteiger partial charge in [0.25, 0.3) is 0 Å². The molecule has 1 aromatic rings. The summed E-state index contributed by atoms with van der Waals surface area (Å²) in [5, 5.41) is 8.94. The molecule has 2 rings (SSSR count). The zero-order valence-corrected chi connectivity index (χ0v) is 11.1. The SMILES string of the molecule is Cc1ccc(N2CCOC(C(=O)O)C2)cc1Br. The molecule has 0 spiro atoms. The van der Waals surface area contributed by atoms with Crippen LogP contribution in [-0.4, -0.2) is 36.9 Å². The first-order valence-corrected chi connectivity index (χ1v) is 6.23. The Morgan fingerprint density at radius 1 is 1.59 bits per heavy atom. The Bertz CT molecular complexity index is 436. The minimum absolute atomic E-state index is 0.394. The van der Waals surface area contributed by atoms with Crippen LogP contribution >= 0.6 is 15.9 Å². The number of carboxylic acid groups (broad SMARTS) is 1. The highest BCUT2D eigenvalue weighted by atomic mass is 79.9. The Hall–Kier alpha value is -1.07. The number of halogens is 1. The Morgan fingerprint density at radius 3 is 3.00 bits per heavy atom. The van der Waals surface area contributed by atoms with Crippen molar-refractivity contribution in [2.75, 3.05) is 24.6 Å². The summed E-state index contributed by atoms with van der Waals surface area (Å²) < 4.78 is 6.23. The molecule has 0 radical (unpaired) electrons. The van der Waals surface area contributed by atoms with Crippen LogP contribution in [0.5, 0.6) is 0 Å². The number of hydrogen-bond donors (Lipinski definition) is 1. The molecule has 92 valence electrons. The maximum absolute atomic E-state index is 10.9. The third-order valence-corrected chi connectivity index (χ3v) is 3.72. The van der Waals surface area contributed by atoms with Gasteiger partial charge in [0, 0.05) is 16.7 Å². The molecule has 1 saturated heterocycles. The number of carbonyl (C=O) groups is 1. The van der Waals surface area contributed by atoms with E-state index in [1.807, 2.05) is 30.0 Å². The van der Waals surface area contributed by atoms with E-state index in [1.165, 1.54) is 0 Å². The first kappa shape index (κ1) is 12.4. The third kappa shape index (κ3) is 2.79. The van der Waals surface area contributed by atoms with Crippen molar-refractivity contribution in [1.82, 2.24) is 0 Å². The molecular weight excluding hydrogens is 286 g/mol. The fourth-order valence-corrected chi connectivity index (χ4v) is 2.18. The first-order chi connectivity index (χ1) is 8.08.